The summed E-state index contributed by atoms with van der Waals surface area (Å²) in [4.78, 5) is 0. The van der Waals surface area contributed by atoms with E-state index in [1.807, 2.05) is 0 Å². The summed E-state index contributed by atoms with van der Waals surface area (Å²) < 4.78 is 14.9. The second-order valence-electron chi connectivity index (χ2n) is 5.73. The Kier molecular flexibility index (Phi) is 6.12. The van der Waals surface area contributed by atoms with Crippen LogP contribution in [0.2, 0.25) is 0 Å². The summed E-state index contributed by atoms with van der Waals surface area (Å²) in [6.07, 6.45) is -15.4. The molecule has 0 amide bonds. The highest BCUT2D eigenvalue weighted by Gasteiger charge is 2.55. The van der Waals surface area contributed by atoms with E-state index in [-0.39, 0.29) is 0 Å². The van der Waals surface area contributed by atoms with E-state index in [2.05, 4.69) is 4.74 Å². The lowest BCUT2D eigenvalue weighted by molar-refractivity contribution is -0.446. The van der Waals surface area contributed by atoms with Crippen LogP contribution in [0.1, 0.15) is 0 Å². The van der Waals surface area contributed by atoms with Crippen molar-refractivity contribution in [3.05, 3.63) is 0 Å². The Balaban J connectivity index is 2.15. The van der Waals surface area contributed by atoms with Crippen LogP contribution in [-0.4, -0.2) is 120 Å². The fraction of sp³-hybridized carbons (Fsp3) is 1.00. The van der Waals surface area contributed by atoms with Gasteiger partial charge in [-0.25, -0.2) is 0 Å². The van der Waals surface area contributed by atoms with Gasteiger partial charge in [-0.05, 0) is 0 Å². The molecular weight excluding hydrogens is 336 g/mol. The zero-order valence-electron chi connectivity index (χ0n) is 12.4. The van der Waals surface area contributed by atoms with Gasteiger partial charge in [-0.2, -0.15) is 0 Å². The molecule has 12 nitrogen and oxygen atoms in total. The average molecular weight is 358 g/mol. The number of aliphatic hydroxyl groups excluding tert-OH is 7. The first-order valence-corrected chi connectivity index (χ1v) is 7.19. The summed E-state index contributed by atoms with van der Waals surface area (Å²) in [6.45, 7) is -1.56. The van der Waals surface area contributed by atoms with Gasteiger partial charge in [0.15, 0.2) is 12.4 Å². The lowest BCUT2D eigenvalue weighted by atomic mass is 9.96. The molecule has 9 N–H and O–H groups in total. The van der Waals surface area contributed by atoms with Gasteiger partial charge in [0.05, 0.1) is 13.2 Å². The maximum atomic E-state index is 9.95. The van der Waals surface area contributed by atoms with E-state index in [0.717, 1.165) is 0 Å². The first kappa shape index (κ1) is 19.8. The maximum Gasteiger partial charge on any atom is 0.308 e. The Labute approximate surface area is 135 Å². The predicted octanol–water partition coefficient (Wildman–Crippen LogP) is -6.08. The van der Waals surface area contributed by atoms with Gasteiger partial charge in [-0.15, -0.1) is 0 Å². The molecule has 0 spiro atoms. The van der Waals surface area contributed by atoms with Crippen LogP contribution in [0, 0.1) is 0 Å². The molecule has 2 heterocycles. The summed E-state index contributed by atoms with van der Waals surface area (Å²) >= 11 is 0. The van der Waals surface area contributed by atoms with Crippen LogP contribution >= 0.6 is 0 Å². The first-order chi connectivity index (χ1) is 11.1. The minimum atomic E-state index is -3.14. The van der Waals surface area contributed by atoms with Crippen LogP contribution in [-0.2, 0) is 14.2 Å². The molecule has 0 bridgehead atoms. The molecule has 2 saturated heterocycles. The fourth-order valence-electron chi connectivity index (χ4n) is 2.63. The molecule has 9 atom stereocenters. The van der Waals surface area contributed by atoms with E-state index in [1.54, 1.807) is 0 Å². The molecule has 0 unspecified atom stereocenters. The molecule has 0 radical (unpaired) electrons. The van der Waals surface area contributed by atoms with Gasteiger partial charge in [0, 0.05) is 0 Å². The third kappa shape index (κ3) is 3.55. The van der Waals surface area contributed by atoms with Gasteiger partial charge < -0.3 is 60.2 Å². The fourth-order valence-corrected chi connectivity index (χ4v) is 2.63. The Morgan fingerprint density at radius 3 is 1.92 bits per heavy atom. The average Bonchev–Trinajstić information content (AvgIpc) is 2.55. The Hall–Kier alpha value is -0.480. The van der Waals surface area contributed by atoms with Crippen LogP contribution in [0.4, 0.5) is 0 Å². The smallest absolute Gasteiger partial charge is 0.308 e. The van der Waals surface area contributed by atoms with Gasteiger partial charge in [0.2, 0.25) is 0 Å². The number of rotatable bonds is 4. The topological polar surface area (TPSA) is 210 Å². The normalized spacial score (nSPS) is 49.1. The van der Waals surface area contributed by atoms with Crippen molar-refractivity contribution in [2.75, 3.05) is 13.2 Å². The third-order valence-electron chi connectivity index (χ3n) is 4.06. The number of ether oxygens (including phenoxy) is 3. The summed E-state index contributed by atoms with van der Waals surface area (Å²) in [5, 5.41) is 85.9. The molecule has 2 fully saturated rings. The Morgan fingerprint density at radius 2 is 1.38 bits per heavy atom. The van der Waals surface area contributed by atoms with Crippen LogP contribution in [0.3, 0.4) is 0 Å². The highest BCUT2D eigenvalue weighted by molar-refractivity contribution is 4.95. The van der Waals surface area contributed by atoms with Gasteiger partial charge in [0.25, 0.3) is 0 Å². The molecule has 24 heavy (non-hydrogen) atoms. The van der Waals surface area contributed by atoms with Crippen molar-refractivity contribution in [1.29, 1.82) is 0 Å². The molecule has 0 aromatic carbocycles. The van der Waals surface area contributed by atoms with E-state index in [0.29, 0.717) is 0 Å². The van der Waals surface area contributed by atoms with E-state index >= 15 is 0 Å². The molecule has 0 aromatic rings. The van der Waals surface area contributed by atoms with E-state index in [1.165, 1.54) is 0 Å². The van der Waals surface area contributed by atoms with E-state index in [4.69, 9.17) is 14.6 Å². The number of aliphatic hydroxyl groups is 9. The SMILES string of the molecule is OC[C@H]1O[C@H](O[C@H]2[C@H](O)[C@@H](O)C(O)(O)O[C@@H]2CO)[C@H](O)[C@@H](O)[C@@H]1O. The van der Waals surface area contributed by atoms with Crippen LogP contribution in [0.5, 0.6) is 0 Å². The molecule has 0 saturated carbocycles. The molecule has 2 rings (SSSR count). The molecule has 0 aromatic heterocycles. The van der Waals surface area contributed by atoms with E-state index in [9.17, 15) is 40.9 Å². The highest BCUT2D eigenvalue weighted by atomic mass is 16.8. The summed E-state index contributed by atoms with van der Waals surface area (Å²) in [6, 6.07) is 0. The largest absolute Gasteiger partial charge is 0.394 e. The van der Waals surface area contributed by atoms with Crippen molar-refractivity contribution in [2.45, 2.75) is 61.1 Å². The maximum absolute atomic E-state index is 9.95. The molecule has 2 aliphatic rings. The minimum Gasteiger partial charge on any atom is -0.394 e. The number of hydrogen-bond donors (Lipinski definition) is 9. The third-order valence-corrected chi connectivity index (χ3v) is 4.06. The van der Waals surface area contributed by atoms with Gasteiger partial charge in [0.1, 0.15) is 42.7 Å². The Bertz CT molecular complexity index is 415. The summed E-state index contributed by atoms with van der Waals surface area (Å²) in [5.74, 6) is -3.14. The zero-order valence-corrected chi connectivity index (χ0v) is 12.4. The van der Waals surface area contributed by atoms with Gasteiger partial charge in [-0.1, -0.05) is 0 Å². The van der Waals surface area contributed by atoms with Crippen LogP contribution in [0.25, 0.3) is 0 Å². The second-order valence-corrected chi connectivity index (χ2v) is 5.73. The summed E-state index contributed by atoms with van der Waals surface area (Å²) in [7, 11) is 0. The predicted molar refractivity (Wildman–Crippen MR) is 69.8 cm³/mol. The molecule has 0 aliphatic carbocycles. The zero-order chi connectivity index (χ0) is 18.2. The van der Waals surface area contributed by atoms with Crippen molar-refractivity contribution < 1.29 is 60.2 Å². The Morgan fingerprint density at radius 1 is 0.792 bits per heavy atom. The second kappa shape index (κ2) is 7.41. The quantitative estimate of drug-likeness (QED) is 0.215. The van der Waals surface area contributed by atoms with Gasteiger partial charge >= 0.3 is 5.97 Å². The lowest BCUT2D eigenvalue weighted by Gasteiger charge is -2.47. The van der Waals surface area contributed by atoms with E-state index < -0.39 is 74.3 Å². The monoisotopic (exact) mass is 358 g/mol. The van der Waals surface area contributed by atoms with Crippen LogP contribution < -0.4 is 0 Å². The lowest BCUT2D eigenvalue weighted by Crippen LogP contribution is -2.68. The van der Waals surface area contributed by atoms with Crippen molar-refractivity contribution in [3.8, 4) is 0 Å². The molecule has 142 valence electrons. The van der Waals surface area contributed by atoms with Crippen molar-refractivity contribution in [3.63, 3.8) is 0 Å². The highest BCUT2D eigenvalue weighted by Crippen LogP contribution is 2.31. The van der Waals surface area contributed by atoms with Crippen molar-refractivity contribution >= 4 is 0 Å². The van der Waals surface area contributed by atoms with Gasteiger partial charge in [-0.3, -0.25) is 0 Å². The van der Waals surface area contributed by atoms with Crippen molar-refractivity contribution in [1.82, 2.24) is 0 Å². The molecular formula is C12H22O12. The first-order valence-electron chi connectivity index (χ1n) is 7.19. The number of hydrogen-bond acceptors (Lipinski definition) is 12. The van der Waals surface area contributed by atoms with Crippen molar-refractivity contribution in [2.24, 2.45) is 0 Å². The standard InChI is InChI=1S/C12H22O12/c13-1-3-5(15)6(16)7(17)11(22-3)23-9-4(2-14)24-12(20,21)10(19)8(9)18/h3-11,13-21H,1-2H2/t3-,4-,5-,6+,7-,8+,9-,10-,11-/m1/s1. The molecule has 2 aliphatic heterocycles. The minimum absolute atomic E-state index is 0.711. The summed E-state index contributed by atoms with van der Waals surface area (Å²) in [5.41, 5.74) is 0. The molecule has 12 heteroatoms. The van der Waals surface area contributed by atoms with Crippen LogP contribution in [0.15, 0.2) is 0 Å².